The van der Waals surface area contributed by atoms with E-state index in [9.17, 15) is 0 Å². The van der Waals surface area contributed by atoms with Crippen molar-refractivity contribution >= 4 is 11.6 Å². The summed E-state index contributed by atoms with van der Waals surface area (Å²) in [4.78, 5) is 0. The molecule has 0 spiro atoms. The molecule has 0 aliphatic carbocycles. The van der Waals surface area contributed by atoms with Crippen LogP contribution in [0.5, 0.6) is 0 Å². The van der Waals surface area contributed by atoms with Gasteiger partial charge in [0.2, 0.25) is 0 Å². The first-order valence-electron chi connectivity index (χ1n) is 5.84. The van der Waals surface area contributed by atoms with Gasteiger partial charge in [0.15, 0.2) is 0 Å². The number of aryl methyl sites for hydroxylation is 1. The molecule has 1 fully saturated rings. The summed E-state index contributed by atoms with van der Waals surface area (Å²) in [5.41, 5.74) is 0. The lowest BCUT2D eigenvalue weighted by Crippen LogP contribution is -2.37. The van der Waals surface area contributed by atoms with Crippen LogP contribution in [-0.2, 0) is 11.3 Å². The highest BCUT2D eigenvalue weighted by atomic mass is 35.5. The molecule has 4 nitrogen and oxygen atoms in total. The predicted molar refractivity (Wildman–Crippen MR) is 63.7 cm³/mol. The predicted octanol–water partition coefficient (Wildman–Crippen LogP) is 1.70. The second kappa shape index (κ2) is 6.23. The minimum atomic E-state index is 0.537. The van der Waals surface area contributed by atoms with Crippen LogP contribution in [0.3, 0.4) is 0 Å². The Morgan fingerprint density at radius 1 is 1.62 bits per heavy atom. The molecule has 90 valence electrons. The Labute approximate surface area is 101 Å². The second-order valence-electron chi connectivity index (χ2n) is 4.14. The van der Waals surface area contributed by atoms with E-state index in [1.54, 1.807) is 6.20 Å². The number of halogens is 1. The highest BCUT2D eigenvalue weighted by Gasteiger charge is 2.12. The van der Waals surface area contributed by atoms with Crippen molar-refractivity contribution in [1.82, 2.24) is 15.1 Å². The second-order valence-corrected chi connectivity index (χ2v) is 4.58. The maximum atomic E-state index is 5.78. The van der Waals surface area contributed by atoms with Crippen LogP contribution in [0.1, 0.15) is 19.3 Å². The fourth-order valence-corrected chi connectivity index (χ4v) is 2.07. The van der Waals surface area contributed by atoms with E-state index in [4.69, 9.17) is 16.3 Å². The molecule has 2 rings (SSSR count). The largest absolute Gasteiger partial charge is 0.380 e. The van der Waals surface area contributed by atoms with E-state index >= 15 is 0 Å². The smallest absolute Gasteiger partial charge is 0.0785 e. The average molecular weight is 244 g/mol. The fourth-order valence-electron chi connectivity index (χ4n) is 1.91. The standard InChI is InChI=1S/C11H18ClN3O/c12-10-7-14-15(8-10)5-2-4-13-11-3-1-6-16-9-11/h7-8,11,13H,1-6,9H2/t11-/m0/s1. The van der Waals surface area contributed by atoms with Gasteiger partial charge in [-0.05, 0) is 25.8 Å². The van der Waals surface area contributed by atoms with Crippen LogP contribution < -0.4 is 5.32 Å². The van der Waals surface area contributed by atoms with Gasteiger partial charge in [-0.25, -0.2) is 0 Å². The van der Waals surface area contributed by atoms with Gasteiger partial charge in [0.25, 0.3) is 0 Å². The summed E-state index contributed by atoms with van der Waals surface area (Å²) in [6.45, 7) is 3.69. The Hall–Kier alpha value is -0.580. The Balaban J connectivity index is 1.57. The zero-order valence-electron chi connectivity index (χ0n) is 9.36. The lowest BCUT2D eigenvalue weighted by Gasteiger charge is -2.23. The van der Waals surface area contributed by atoms with Crippen LogP contribution in [0.4, 0.5) is 0 Å². The van der Waals surface area contributed by atoms with Gasteiger partial charge in [-0.1, -0.05) is 11.6 Å². The van der Waals surface area contributed by atoms with Crippen LogP contribution >= 0.6 is 11.6 Å². The maximum Gasteiger partial charge on any atom is 0.0785 e. The Morgan fingerprint density at radius 3 is 3.25 bits per heavy atom. The molecule has 0 saturated carbocycles. The molecule has 1 aromatic heterocycles. The molecule has 0 bridgehead atoms. The number of rotatable bonds is 5. The van der Waals surface area contributed by atoms with Crippen LogP contribution in [0, 0.1) is 0 Å². The van der Waals surface area contributed by atoms with Gasteiger partial charge in [-0.15, -0.1) is 0 Å². The summed E-state index contributed by atoms with van der Waals surface area (Å²) in [5, 5.41) is 8.33. The molecule has 1 aliphatic rings. The lowest BCUT2D eigenvalue weighted by atomic mass is 10.1. The van der Waals surface area contributed by atoms with Crippen molar-refractivity contribution in [2.45, 2.75) is 31.8 Å². The summed E-state index contributed by atoms with van der Waals surface area (Å²) in [7, 11) is 0. The molecule has 5 heteroatoms. The molecule has 1 N–H and O–H groups in total. The Bertz CT molecular complexity index is 310. The number of hydrogen-bond acceptors (Lipinski definition) is 3. The van der Waals surface area contributed by atoms with E-state index in [1.165, 1.54) is 12.8 Å². The van der Waals surface area contributed by atoms with Crippen molar-refractivity contribution in [2.75, 3.05) is 19.8 Å². The molecule has 1 saturated heterocycles. The van der Waals surface area contributed by atoms with Crippen LogP contribution in [0.15, 0.2) is 12.4 Å². The lowest BCUT2D eigenvalue weighted by molar-refractivity contribution is 0.0704. The van der Waals surface area contributed by atoms with Crippen molar-refractivity contribution in [2.24, 2.45) is 0 Å². The average Bonchev–Trinajstić information content (AvgIpc) is 2.72. The minimum Gasteiger partial charge on any atom is -0.380 e. The number of hydrogen-bond donors (Lipinski definition) is 1. The molecule has 16 heavy (non-hydrogen) atoms. The maximum absolute atomic E-state index is 5.78. The highest BCUT2D eigenvalue weighted by molar-refractivity contribution is 6.30. The van der Waals surface area contributed by atoms with E-state index in [-0.39, 0.29) is 0 Å². The van der Waals surface area contributed by atoms with E-state index in [2.05, 4.69) is 10.4 Å². The van der Waals surface area contributed by atoms with Gasteiger partial charge >= 0.3 is 0 Å². The van der Waals surface area contributed by atoms with Gasteiger partial charge < -0.3 is 10.1 Å². The summed E-state index contributed by atoms with van der Waals surface area (Å²) in [6, 6.07) is 0.537. The molecular formula is C11H18ClN3O. The zero-order chi connectivity index (χ0) is 11.2. The highest BCUT2D eigenvalue weighted by Crippen LogP contribution is 2.06. The fraction of sp³-hybridized carbons (Fsp3) is 0.727. The van der Waals surface area contributed by atoms with Gasteiger partial charge in [0.05, 0.1) is 17.8 Å². The number of nitrogens with one attached hydrogen (secondary N) is 1. The van der Waals surface area contributed by atoms with Crippen molar-refractivity contribution in [3.8, 4) is 0 Å². The Morgan fingerprint density at radius 2 is 2.56 bits per heavy atom. The van der Waals surface area contributed by atoms with Gasteiger partial charge in [-0.3, -0.25) is 4.68 Å². The van der Waals surface area contributed by atoms with Gasteiger partial charge in [0, 0.05) is 25.4 Å². The van der Waals surface area contributed by atoms with E-state index in [0.29, 0.717) is 11.1 Å². The van der Waals surface area contributed by atoms with Gasteiger partial charge in [-0.2, -0.15) is 5.10 Å². The Kier molecular flexibility index (Phi) is 4.63. The summed E-state index contributed by atoms with van der Waals surface area (Å²) in [5.74, 6) is 0. The summed E-state index contributed by atoms with van der Waals surface area (Å²) in [6.07, 6.45) is 6.99. The normalized spacial score (nSPS) is 21.2. The monoisotopic (exact) mass is 243 g/mol. The molecule has 2 heterocycles. The molecule has 1 aromatic rings. The molecule has 1 aliphatic heterocycles. The van der Waals surface area contributed by atoms with Crippen molar-refractivity contribution in [3.05, 3.63) is 17.4 Å². The topological polar surface area (TPSA) is 39.1 Å². The SMILES string of the molecule is Clc1cnn(CCCN[C@H]2CCCOC2)c1. The molecule has 0 aromatic carbocycles. The molecular weight excluding hydrogens is 226 g/mol. The third-order valence-electron chi connectivity index (χ3n) is 2.76. The third-order valence-corrected chi connectivity index (χ3v) is 2.95. The summed E-state index contributed by atoms with van der Waals surface area (Å²) >= 11 is 5.78. The number of nitrogens with zero attached hydrogens (tertiary/aromatic N) is 2. The van der Waals surface area contributed by atoms with E-state index < -0.39 is 0 Å². The van der Waals surface area contributed by atoms with Crippen molar-refractivity contribution < 1.29 is 4.74 Å². The first-order chi connectivity index (χ1) is 7.84. The third kappa shape index (κ3) is 3.77. The molecule has 0 amide bonds. The quantitative estimate of drug-likeness (QED) is 0.800. The molecule has 1 atom stereocenters. The van der Waals surface area contributed by atoms with E-state index in [0.717, 1.165) is 32.7 Å². The van der Waals surface area contributed by atoms with Crippen LogP contribution in [0.2, 0.25) is 5.02 Å². The zero-order valence-corrected chi connectivity index (χ0v) is 10.1. The van der Waals surface area contributed by atoms with E-state index in [1.807, 2.05) is 10.9 Å². The first-order valence-corrected chi connectivity index (χ1v) is 6.21. The number of ether oxygens (including phenoxy) is 1. The number of aromatic nitrogens is 2. The van der Waals surface area contributed by atoms with Gasteiger partial charge in [0.1, 0.15) is 0 Å². The van der Waals surface area contributed by atoms with Crippen LogP contribution in [0.25, 0.3) is 0 Å². The van der Waals surface area contributed by atoms with Crippen LogP contribution in [-0.4, -0.2) is 35.6 Å². The molecule has 0 unspecified atom stereocenters. The van der Waals surface area contributed by atoms with Crippen molar-refractivity contribution in [1.29, 1.82) is 0 Å². The van der Waals surface area contributed by atoms with Crippen molar-refractivity contribution in [3.63, 3.8) is 0 Å². The molecule has 0 radical (unpaired) electrons. The minimum absolute atomic E-state index is 0.537. The first kappa shape index (κ1) is 11.9. The summed E-state index contributed by atoms with van der Waals surface area (Å²) < 4.78 is 7.28.